The number of hydrogen-bond acceptors (Lipinski definition) is 7. The lowest BCUT2D eigenvalue weighted by Crippen LogP contribution is -2.58. The van der Waals surface area contributed by atoms with Crippen LogP contribution >= 0.6 is 0 Å². The van der Waals surface area contributed by atoms with Gasteiger partial charge in [-0.2, -0.15) is 13.5 Å². The standard InChI is InChI=1S/C13H22N4O7S/c1-23-11-6-14-5-4-9(11)15-12(18)10-3-2-8-7-16(10)13(19)17(8)24-25(20,21)22/h8-11,14H,2-7H2,1H3,(H,15,18)(H,20,21,22)/t8-,9-,10+,11-/m1/s1. The second-order valence-corrected chi connectivity index (χ2v) is 7.40. The summed E-state index contributed by atoms with van der Waals surface area (Å²) < 4.78 is 40.3. The number of hydroxylamine groups is 2. The Balaban J connectivity index is 1.66. The van der Waals surface area contributed by atoms with Crippen molar-refractivity contribution in [1.29, 1.82) is 0 Å². The first-order chi connectivity index (χ1) is 11.8. The molecule has 0 aromatic heterocycles. The number of methoxy groups -OCH3 is 1. The number of nitrogens with one attached hydrogen (secondary N) is 2. The number of amides is 3. The van der Waals surface area contributed by atoms with Gasteiger partial charge >= 0.3 is 16.4 Å². The molecule has 0 unspecified atom stereocenters. The van der Waals surface area contributed by atoms with E-state index in [0.29, 0.717) is 30.9 Å². The summed E-state index contributed by atoms with van der Waals surface area (Å²) in [5, 5.41) is 6.75. The zero-order valence-corrected chi connectivity index (χ0v) is 14.6. The molecule has 0 aromatic rings. The van der Waals surface area contributed by atoms with Crippen molar-refractivity contribution in [3.63, 3.8) is 0 Å². The second kappa shape index (κ2) is 7.03. The van der Waals surface area contributed by atoms with Crippen molar-refractivity contribution in [1.82, 2.24) is 20.6 Å². The van der Waals surface area contributed by atoms with Crippen molar-refractivity contribution < 1.29 is 31.6 Å². The first kappa shape index (κ1) is 18.3. The topological polar surface area (TPSA) is 138 Å². The third kappa shape index (κ3) is 3.87. The van der Waals surface area contributed by atoms with Gasteiger partial charge in [0.15, 0.2) is 0 Å². The molecule has 3 N–H and O–H groups in total. The van der Waals surface area contributed by atoms with Gasteiger partial charge in [-0.1, -0.05) is 0 Å². The monoisotopic (exact) mass is 378 g/mol. The average molecular weight is 378 g/mol. The molecule has 3 rings (SSSR count). The van der Waals surface area contributed by atoms with E-state index in [1.54, 1.807) is 7.11 Å². The van der Waals surface area contributed by atoms with Crippen LogP contribution < -0.4 is 10.6 Å². The fraction of sp³-hybridized carbons (Fsp3) is 0.846. The number of urea groups is 1. The maximum absolute atomic E-state index is 12.6. The summed E-state index contributed by atoms with van der Waals surface area (Å²) in [6.45, 7) is 1.56. The van der Waals surface area contributed by atoms with E-state index in [-0.39, 0.29) is 24.6 Å². The quantitative estimate of drug-likeness (QED) is 0.491. The number of carbonyl (C=O) groups is 2. The molecule has 3 aliphatic rings. The van der Waals surface area contributed by atoms with E-state index in [0.717, 1.165) is 6.54 Å². The Morgan fingerprint density at radius 1 is 1.36 bits per heavy atom. The lowest BCUT2D eigenvalue weighted by atomic mass is 9.98. The predicted molar refractivity (Wildman–Crippen MR) is 83.6 cm³/mol. The van der Waals surface area contributed by atoms with Gasteiger partial charge in [0, 0.05) is 20.2 Å². The predicted octanol–water partition coefficient (Wildman–Crippen LogP) is -1.52. The minimum atomic E-state index is -4.80. The van der Waals surface area contributed by atoms with Gasteiger partial charge in [0.05, 0.1) is 18.2 Å². The highest BCUT2D eigenvalue weighted by atomic mass is 32.3. The zero-order valence-electron chi connectivity index (χ0n) is 13.8. The number of nitrogens with zero attached hydrogens (tertiary/aromatic N) is 2. The molecule has 142 valence electrons. The normalized spacial score (nSPS) is 32.8. The van der Waals surface area contributed by atoms with Crippen molar-refractivity contribution in [2.24, 2.45) is 0 Å². The van der Waals surface area contributed by atoms with Crippen LogP contribution in [0.25, 0.3) is 0 Å². The van der Waals surface area contributed by atoms with Gasteiger partial charge in [0.2, 0.25) is 5.91 Å². The minimum absolute atomic E-state index is 0.150. The number of ether oxygens (including phenoxy) is 1. The summed E-state index contributed by atoms with van der Waals surface area (Å²) in [5.41, 5.74) is 0. The SMILES string of the molecule is CO[C@@H]1CNCC[C@H]1NC(=O)[C@@H]1CC[C@@H]2CN1C(=O)N2OS(=O)(=O)O. The molecular formula is C13H22N4O7S. The van der Waals surface area contributed by atoms with E-state index in [4.69, 9.17) is 9.29 Å². The van der Waals surface area contributed by atoms with Gasteiger partial charge in [-0.15, -0.1) is 4.28 Å². The summed E-state index contributed by atoms with van der Waals surface area (Å²) in [4.78, 5) is 26.2. The molecule has 4 atom stereocenters. The van der Waals surface area contributed by atoms with Gasteiger partial charge in [0.25, 0.3) is 0 Å². The number of fused-ring (bicyclic) bond motifs is 2. The molecule has 0 aliphatic carbocycles. The van der Waals surface area contributed by atoms with Crippen LogP contribution in [-0.2, 0) is 24.2 Å². The summed E-state index contributed by atoms with van der Waals surface area (Å²) in [6.07, 6.45) is 1.35. The molecular weight excluding hydrogens is 356 g/mol. The Hall–Kier alpha value is -1.47. The maximum Gasteiger partial charge on any atom is 0.418 e. The highest BCUT2D eigenvalue weighted by Crippen LogP contribution is 2.30. The Labute approximate surface area is 145 Å². The molecule has 2 bridgehead atoms. The summed E-state index contributed by atoms with van der Waals surface area (Å²) >= 11 is 0. The first-order valence-corrected chi connectivity index (χ1v) is 9.47. The van der Waals surface area contributed by atoms with Crippen LogP contribution in [0.3, 0.4) is 0 Å². The largest absolute Gasteiger partial charge is 0.418 e. The van der Waals surface area contributed by atoms with Crippen molar-refractivity contribution in [3.8, 4) is 0 Å². The lowest BCUT2D eigenvalue weighted by Gasteiger charge is -2.35. The summed E-state index contributed by atoms with van der Waals surface area (Å²) in [5.74, 6) is -0.297. The van der Waals surface area contributed by atoms with Crippen LogP contribution in [0.2, 0.25) is 0 Å². The fourth-order valence-corrected chi connectivity index (χ4v) is 4.01. The van der Waals surface area contributed by atoms with Crippen molar-refractivity contribution in [3.05, 3.63) is 0 Å². The van der Waals surface area contributed by atoms with Crippen LogP contribution in [0.5, 0.6) is 0 Å². The Kier molecular flexibility index (Phi) is 5.16. The van der Waals surface area contributed by atoms with Crippen LogP contribution in [0.4, 0.5) is 4.79 Å². The molecule has 25 heavy (non-hydrogen) atoms. The molecule has 12 heteroatoms. The maximum atomic E-state index is 12.6. The van der Waals surface area contributed by atoms with Gasteiger partial charge < -0.3 is 20.3 Å². The molecule has 0 radical (unpaired) electrons. The van der Waals surface area contributed by atoms with Crippen molar-refractivity contribution >= 4 is 22.3 Å². The summed E-state index contributed by atoms with van der Waals surface area (Å²) in [7, 11) is -3.22. The van der Waals surface area contributed by atoms with E-state index >= 15 is 0 Å². The molecule has 0 spiro atoms. The van der Waals surface area contributed by atoms with Crippen molar-refractivity contribution in [2.75, 3.05) is 26.7 Å². The van der Waals surface area contributed by atoms with Gasteiger partial charge in [-0.25, -0.2) is 4.79 Å². The molecule has 3 heterocycles. The van der Waals surface area contributed by atoms with Crippen LogP contribution in [0, 0.1) is 0 Å². The number of piperidine rings is 2. The Morgan fingerprint density at radius 3 is 2.80 bits per heavy atom. The molecule has 0 saturated carbocycles. The first-order valence-electron chi connectivity index (χ1n) is 8.11. The Morgan fingerprint density at radius 2 is 2.12 bits per heavy atom. The van der Waals surface area contributed by atoms with Gasteiger partial charge in [-0.05, 0) is 25.8 Å². The smallest absolute Gasteiger partial charge is 0.378 e. The molecule has 3 aliphatic heterocycles. The van der Waals surface area contributed by atoms with Gasteiger partial charge in [-0.3, -0.25) is 9.35 Å². The lowest BCUT2D eigenvalue weighted by molar-refractivity contribution is -0.128. The van der Waals surface area contributed by atoms with Crippen molar-refractivity contribution in [2.45, 2.75) is 43.5 Å². The Bertz CT molecular complexity index is 642. The second-order valence-electron chi connectivity index (χ2n) is 6.39. The van der Waals surface area contributed by atoms with Crippen LogP contribution in [-0.4, -0.2) is 85.8 Å². The number of carbonyl (C=O) groups excluding carboxylic acids is 2. The molecule has 0 aromatic carbocycles. The molecule has 11 nitrogen and oxygen atoms in total. The minimum Gasteiger partial charge on any atom is -0.378 e. The average Bonchev–Trinajstić information content (AvgIpc) is 2.79. The van der Waals surface area contributed by atoms with E-state index in [1.165, 1.54) is 4.90 Å². The van der Waals surface area contributed by atoms with E-state index in [9.17, 15) is 18.0 Å². The fourth-order valence-electron chi connectivity index (χ4n) is 3.63. The number of rotatable bonds is 5. The highest BCUT2D eigenvalue weighted by Gasteiger charge is 2.49. The van der Waals surface area contributed by atoms with E-state index in [2.05, 4.69) is 14.9 Å². The third-order valence-corrected chi connectivity index (χ3v) is 5.21. The van der Waals surface area contributed by atoms with Crippen LogP contribution in [0.15, 0.2) is 0 Å². The van der Waals surface area contributed by atoms with Gasteiger partial charge in [0.1, 0.15) is 6.04 Å². The highest BCUT2D eigenvalue weighted by molar-refractivity contribution is 7.80. The molecule has 3 saturated heterocycles. The third-order valence-electron chi connectivity index (χ3n) is 4.86. The summed E-state index contributed by atoms with van der Waals surface area (Å²) in [6, 6.07) is -2.11. The molecule has 3 fully saturated rings. The van der Waals surface area contributed by atoms with E-state index < -0.39 is 28.5 Å². The van der Waals surface area contributed by atoms with E-state index in [1.807, 2.05) is 0 Å². The number of hydrogen-bond donors (Lipinski definition) is 3. The van der Waals surface area contributed by atoms with Crippen LogP contribution in [0.1, 0.15) is 19.3 Å². The zero-order chi connectivity index (χ0) is 18.2. The molecule has 3 amide bonds.